The van der Waals surface area contributed by atoms with Crippen molar-refractivity contribution < 1.29 is 9.90 Å². The highest BCUT2D eigenvalue weighted by Gasteiger charge is 2.43. The van der Waals surface area contributed by atoms with Gasteiger partial charge in [0.15, 0.2) is 0 Å². The predicted molar refractivity (Wildman–Crippen MR) is 43.6 cm³/mol. The molecule has 62 valence electrons. The van der Waals surface area contributed by atoms with E-state index >= 15 is 0 Å². The van der Waals surface area contributed by atoms with Gasteiger partial charge in [-0.15, -0.1) is 24.8 Å². The molecule has 0 bridgehead atoms. The molecule has 0 aromatic rings. The Morgan fingerprint density at radius 2 is 2.27 bits per heavy atom. The van der Waals surface area contributed by atoms with Crippen LogP contribution in [-0.4, -0.2) is 24.2 Å². The molecule has 4 heteroatoms. The van der Waals surface area contributed by atoms with Gasteiger partial charge in [-0.05, 0) is 0 Å². The van der Waals surface area contributed by atoms with Gasteiger partial charge in [0, 0.05) is 19.5 Å². The summed E-state index contributed by atoms with van der Waals surface area (Å²) in [6.45, 7) is 1.01. The summed E-state index contributed by atoms with van der Waals surface area (Å²) in [6.07, 6.45) is 5.35. The van der Waals surface area contributed by atoms with Crippen molar-refractivity contribution in [3.8, 4) is 12.3 Å². The number of terminal acetylenes is 1. The average molecular weight is 176 g/mol. The van der Waals surface area contributed by atoms with E-state index in [1.165, 1.54) is 0 Å². The number of hydrogen-bond donors (Lipinski definition) is 2. The first-order valence-corrected chi connectivity index (χ1v) is 3.09. The zero-order valence-corrected chi connectivity index (χ0v) is 6.78. The van der Waals surface area contributed by atoms with Crippen molar-refractivity contribution in [3.05, 3.63) is 0 Å². The number of aliphatic carboxylic acids is 1. The van der Waals surface area contributed by atoms with Crippen molar-refractivity contribution in [2.75, 3.05) is 13.1 Å². The largest absolute Gasteiger partial charge is 0.481 e. The zero-order valence-electron chi connectivity index (χ0n) is 5.96. The Kier molecular flexibility index (Phi) is 3.37. The summed E-state index contributed by atoms with van der Waals surface area (Å²) >= 11 is 0. The Balaban J connectivity index is 0.000001000. The monoisotopic (exact) mass is 175 g/mol. The number of hydrogen-bond acceptors (Lipinski definition) is 2. The van der Waals surface area contributed by atoms with Crippen LogP contribution in [0.2, 0.25) is 0 Å². The SMILES string of the molecule is C#CCC1(C(=O)O)CNC1.Cl. The van der Waals surface area contributed by atoms with Crippen LogP contribution in [0.15, 0.2) is 0 Å². The fourth-order valence-corrected chi connectivity index (χ4v) is 0.974. The van der Waals surface area contributed by atoms with Gasteiger partial charge in [-0.2, -0.15) is 0 Å². The molecule has 11 heavy (non-hydrogen) atoms. The van der Waals surface area contributed by atoms with Crippen LogP contribution < -0.4 is 5.32 Å². The normalized spacial score (nSPS) is 18.8. The van der Waals surface area contributed by atoms with Crippen LogP contribution in [0.25, 0.3) is 0 Å². The topological polar surface area (TPSA) is 49.3 Å². The summed E-state index contributed by atoms with van der Waals surface area (Å²) in [5, 5.41) is 11.6. The number of rotatable bonds is 2. The van der Waals surface area contributed by atoms with Crippen LogP contribution in [0.3, 0.4) is 0 Å². The predicted octanol–water partition coefficient (Wildman–Crippen LogP) is 0.106. The molecule has 0 unspecified atom stereocenters. The van der Waals surface area contributed by atoms with Gasteiger partial charge in [0.2, 0.25) is 0 Å². The van der Waals surface area contributed by atoms with Crippen molar-refractivity contribution in [1.29, 1.82) is 0 Å². The van der Waals surface area contributed by atoms with E-state index in [1.54, 1.807) is 0 Å². The van der Waals surface area contributed by atoms with E-state index in [0.29, 0.717) is 19.5 Å². The van der Waals surface area contributed by atoms with E-state index in [0.717, 1.165) is 0 Å². The Bertz CT molecular complexity index is 193. The number of halogens is 1. The lowest BCUT2D eigenvalue weighted by atomic mass is 9.79. The summed E-state index contributed by atoms with van der Waals surface area (Å²) < 4.78 is 0. The molecule has 1 aliphatic heterocycles. The minimum atomic E-state index is -0.788. The van der Waals surface area contributed by atoms with Gasteiger partial charge in [0.05, 0.1) is 0 Å². The molecule has 1 heterocycles. The van der Waals surface area contributed by atoms with E-state index in [9.17, 15) is 4.79 Å². The second-order valence-electron chi connectivity index (χ2n) is 2.57. The lowest BCUT2D eigenvalue weighted by Crippen LogP contribution is -2.57. The molecule has 0 aromatic heterocycles. The maximum Gasteiger partial charge on any atom is 0.313 e. The molecule has 3 nitrogen and oxygen atoms in total. The number of carbonyl (C=O) groups is 1. The molecule has 0 atom stereocenters. The standard InChI is InChI=1S/C7H9NO2.ClH/c1-2-3-7(6(9)10)4-8-5-7;/h1,8H,3-5H2,(H,9,10);1H. The molecule has 0 aliphatic carbocycles. The van der Waals surface area contributed by atoms with Crippen molar-refractivity contribution in [2.45, 2.75) is 6.42 Å². The first kappa shape index (κ1) is 10.3. The minimum Gasteiger partial charge on any atom is -0.481 e. The number of nitrogens with one attached hydrogen (secondary N) is 1. The fourth-order valence-electron chi connectivity index (χ4n) is 0.974. The van der Waals surface area contributed by atoms with Crippen molar-refractivity contribution in [2.24, 2.45) is 5.41 Å². The van der Waals surface area contributed by atoms with Gasteiger partial charge in [-0.1, -0.05) is 0 Å². The van der Waals surface area contributed by atoms with E-state index in [1.807, 2.05) is 0 Å². The van der Waals surface area contributed by atoms with Crippen LogP contribution in [0.1, 0.15) is 6.42 Å². The molecule has 2 N–H and O–H groups in total. The van der Waals surface area contributed by atoms with Gasteiger partial charge < -0.3 is 10.4 Å². The average Bonchev–Trinajstić information content (AvgIpc) is 1.77. The Morgan fingerprint density at radius 3 is 2.36 bits per heavy atom. The molecule has 0 amide bonds. The summed E-state index contributed by atoms with van der Waals surface area (Å²) in [5.74, 6) is 1.58. The summed E-state index contributed by atoms with van der Waals surface area (Å²) in [7, 11) is 0. The van der Waals surface area contributed by atoms with Gasteiger partial charge >= 0.3 is 5.97 Å². The maximum absolute atomic E-state index is 10.6. The molecule has 0 saturated carbocycles. The quantitative estimate of drug-likeness (QED) is 0.586. The molecular weight excluding hydrogens is 166 g/mol. The third-order valence-electron chi connectivity index (χ3n) is 1.82. The maximum atomic E-state index is 10.6. The Labute approximate surface area is 71.6 Å². The van der Waals surface area contributed by atoms with Gasteiger partial charge in [0.25, 0.3) is 0 Å². The van der Waals surface area contributed by atoms with Crippen LogP contribution in [0.4, 0.5) is 0 Å². The molecule has 1 saturated heterocycles. The van der Waals surface area contributed by atoms with E-state index in [4.69, 9.17) is 11.5 Å². The minimum absolute atomic E-state index is 0. The van der Waals surface area contributed by atoms with Gasteiger partial charge in [-0.3, -0.25) is 4.79 Å². The second kappa shape index (κ2) is 3.61. The third kappa shape index (κ3) is 1.65. The van der Waals surface area contributed by atoms with E-state index < -0.39 is 11.4 Å². The molecule has 0 spiro atoms. The third-order valence-corrected chi connectivity index (χ3v) is 1.82. The first-order chi connectivity index (χ1) is 4.71. The number of carboxylic acids is 1. The van der Waals surface area contributed by atoms with Crippen molar-refractivity contribution >= 4 is 18.4 Å². The molecule has 0 aromatic carbocycles. The number of carboxylic acid groups (broad SMARTS) is 1. The van der Waals surface area contributed by atoms with Crippen LogP contribution in [0, 0.1) is 17.8 Å². The molecule has 1 aliphatic rings. The fraction of sp³-hybridized carbons (Fsp3) is 0.571. The first-order valence-electron chi connectivity index (χ1n) is 3.09. The van der Waals surface area contributed by atoms with Crippen molar-refractivity contribution in [1.82, 2.24) is 5.32 Å². The lowest BCUT2D eigenvalue weighted by molar-refractivity contribution is -0.151. The second-order valence-corrected chi connectivity index (χ2v) is 2.57. The van der Waals surface area contributed by atoms with Gasteiger partial charge in [0.1, 0.15) is 5.41 Å². The van der Waals surface area contributed by atoms with Gasteiger partial charge in [-0.25, -0.2) is 0 Å². The highest BCUT2D eigenvalue weighted by molar-refractivity contribution is 5.85. The molecule has 0 radical (unpaired) electrons. The summed E-state index contributed by atoms with van der Waals surface area (Å²) in [4.78, 5) is 10.6. The zero-order chi connectivity index (χ0) is 7.61. The smallest absolute Gasteiger partial charge is 0.313 e. The van der Waals surface area contributed by atoms with E-state index in [-0.39, 0.29) is 12.4 Å². The Hall–Kier alpha value is -0.720. The van der Waals surface area contributed by atoms with E-state index in [2.05, 4.69) is 11.2 Å². The molecule has 1 rings (SSSR count). The molecule has 1 fully saturated rings. The van der Waals surface area contributed by atoms with Crippen molar-refractivity contribution in [3.63, 3.8) is 0 Å². The summed E-state index contributed by atoms with van der Waals surface area (Å²) in [5.41, 5.74) is -0.658. The van der Waals surface area contributed by atoms with Crippen LogP contribution in [-0.2, 0) is 4.79 Å². The van der Waals surface area contributed by atoms with Crippen LogP contribution in [0.5, 0.6) is 0 Å². The Morgan fingerprint density at radius 1 is 1.73 bits per heavy atom. The van der Waals surface area contributed by atoms with Crippen LogP contribution >= 0.6 is 12.4 Å². The summed E-state index contributed by atoms with van der Waals surface area (Å²) in [6, 6.07) is 0. The highest BCUT2D eigenvalue weighted by Crippen LogP contribution is 2.26. The lowest BCUT2D eigenvalue weighted by Gasteiger charge is -2.36. The highest BCUT2D eigenvalue weighted by atomic mass is 35.5. The molecular formula is C7H10ClNO2.